The summed E-state index contributed by atoms with van der Waals surface area (Å²) in [5.74, 6) is 1.05. The molecule has 1 aromatic heterocycles. The quantitative estimate of drug-likeness (QED) is 0.790. The van der Waals surface area contributed by atoms with Crippen LogP contribution in [0.5, 0.6) is 0 Å². The molecule has 1 fully saturated rings. The van der Waals surface area contributed by atoms with Crippen LogP contribution < -0.4 is 10.2 Å². The number of rotatable bonds is 2. The molecular formula is C17H19BrN4S. The number of hydrogen-bond donors (Lipinski definition) is 1. The fourth-order valence-electron chi connectivity index (χ4n) is 2.58. The summed E-state index contributed by atoms with van der Waals surface area (Å²) in [5, 5.41) is 4.09. The molecule has 0 spiro atoms. The van der Waals surface area contributed by atoms with Crippen LogP contribution in [0.1, 0.15) is 5.69 Å². The van der Waals surface area contributed by atoms with Gasteiger partial charge in [-0.3, -0.25) is 0 Å². The molecule has 4 nitrogen and oxygen atoms in total. The van der Waals surface area contributed by atoms with Crippen molar-refractivity contribution < 1.29 is 0 Å². The van der Waals surface area contributed by atoms with Crippen LogP contribution in [-0.4, -0.2) is 41.2 Å². The number of thiocarbonyl (C=S) groups is 1. The zero-order chi connectivity index (χ0) is 16.2. The number of aromatic nitrogens is 1. The van der Waals surface area contributed by atoms with Crippen LogP contribution >= 0.6 is 28.1 Å². The van der Waals surface area contributed by atoms with Crippen LogP contribution in [0.25, 0.3) is 0 Å². The van der Waals surface area contributed by atoms with E-state index >= 15 is 0 Å². The summed E-state index contributed by atoms with van der Waals surface area (Å²) in [4.78, 5) is 9.12. The maximum atomic E-state index is 5.53. The SMILES string of the molecule is Cc1cccc(N2CCN(C(=S)Nc3ccc(Br)cc3)CC2)n1. The van der Waals surface area contributed by atoms with E-state index < -0.39 is 0 Å². The molecule has 1 aliphatic rings. The van der Waals surface area contributed by atoms with E-state index in [-0.39, 0.29) is 0 Å². The highest BCUT2D eigenvalue weighted by Gasteiger charge is 2.19. The fourth-order valence-corrected chi connectivity index (χ4v) is 3.14. The third-order valence-corrected chi connectivity index (χ3v) is 4.75. The van der Waals surface area contributed by atoms with Gasteiger partial charge >= 0.3 is 0 Å². The average Bonchev–Trinajstić information content (AvgIpc) is 2.57. The molecule has 2 aromatic rings. The zero-order valence-electron chi connectivity index (χ0n) is 13.0. The molecule has 0 amide bonds. The minimum absolute atomic E-state index is 0.782. The first-order valence-corrected chi connectivity index (χ1v) is 8.82. The van der Waals surface area contributed by atoms with Gasteiger partial charge in [-0.25, -0.2) is 4.98 Å². The van der Waals surface area contributed by atoms with Crippen LogP contribution in [0.2, 0.25) is 0 Å². The topological polar surface area (TPSA) is 31.4 Å². The first-order valence-electron chi connectivity index (χ1n) is 7.62. The lowest BCUT2D eigenvalue weighted by Crippen LogP contribution is -2.50. The van der Waals surface area contributed by atoms with Crippen molar-refractivity contribution in [1.29, 1.82) is 0 Å². The van der Waals surface area contributed by atoms with Crippen molar-refractivity contribution in [3.63, 3.8) is 0 Å². The van der Waals surface area contributed by atoms with Gasteiger partial charge in [0.05, 0.1) is 0 Å². The molecule has 6 heteroatoms. The lowest BCUT2D eigenvalue weighted by atomic mass is 10.3. The Morgan fingerprint density at radius 1 is 1.09 bits per heavy atom. The number of aryl methyl sites for hydroxylation is 1. The van der Waals surface area contributed by atoms with E-state index in [0.29, 0.717) is 0 Å². The number of pyridine rings is 1. The van der Waals surface area contributed by atoms with Gasteiger partial charge in [0, 0.05) is 42.0 Å². The summed E-state index contributed by atoms with van der Waals surface area (Å²) in [5.41, 5.74) is 2.07. The van der Waals surface area contributed by atoms with Gasteiger partial charge in [-0.1, -0.05) is 22.0 Å². The normalized spacial score (nSPS) is 14.7. The number of benzene rings is 1. The van der Waals surface area contributed by atoms with Gasteiger partial charge in [0.15, 0.2) is 5.11 Å². The minimum atomic E-state index is 0.782. The van der Waals surface area contributed by atoms with Crippen LogP contribution in [0, 0.1) is 6.92 Å². The van der Waals surface area contributed by atoms with E-state index in [1.165, 1.54) is 0 Å². The molecule has 23 heavy (non-hydrogen) atoms. The average molecular weight is 391 g/mol. The van der Waals surface area contributed by atoms with Crippen LogP contribution in [0.3, 0.4) is 0 Å². The Labute approximate surface area is 150 Å². The standard InChI is InChI=1S/C17H19BrN4S/c1-13-3-2-4-16(19-13)21-9-11-22(12-10-21)17(23)20-15-7-5-14(18)6-8-15/h2-8H,9-12H2,1H3,(H,20,23). The summed E-state index contributed by atoms with van der Waals surface area (Å²) < 4.78 is 1.06. The van der Waals surface area contributed by atoms with Gasteiger partial charge < -0.3 is 15.1 Å². The highest BCUT2D eigenvalue weighted by Crippen LogP contribution is 2.17. The first kappa shape index (κ1) is 16.2. The predicted molar refractivity (Wildman–Crippen MR) is 103 cm³/mol. The van der Waals surface area contributed by atoms with Crippen LogP contribution in [-0.2, 0) is 0 Å². The van der Waals surface area contributed by atoms with Gasteiger partial charge in [-0.05, 0) is 55.5 Å². The van der Waals surface area contributed by atoms with Crippen LogP contribution in [0.4, 0.5) is 11.5 Å². The van der Waals surface area contributed by atoms with E-state index in [9.17, 15) is 0 Å². The molecule has 1 aliphatic heterocycles. The monoisotopic (exact) mass is 390 g/mol. The largest absolute Gasteiger partial charge is 0.353 e. The molecule has 120 valence electrons. The molecule has 2 heterocycles. The van der Waals surface area contributed by atoms with Crippen molar-refractivity contribution in [2.24, 2.45) is 0 Å². The van der Waals surface area contributed by atoms with Crippen molar-refractivity contribution >= 4 is 44.8 Å². The highest BCUT2D eigenvalue weighted by atomic mass is 79.9. The van der Waals surface area contributed by atoms with Crippen molar-refractivity contribution in [3.05, 3.63) is 52.6 Å². The summed E-state index contributed by atoms with van der Waals surface area (Å²) in [7, 11) is 0. The van der Waals surface area contributed by atoms with E-state index in [4.69, 9.17) is 12.2 Å². The Morgan fingerprint density at radius 3 is 2.43 bits per heavy atom. The third-order valence-electron chi connectivity index (χ3n) is 3.86. The van der Waals surface area contributed by atoms with E-state index in [1.807, 2.05) is 37.3 Å². The molecule has 1 N–H and O–H groups in total. The second kappa shape index (κ2) is 7.27. The summed E-state index contributed by atoms with van der Waals surface area (Å²) in [6.45, 7) is 5.68. The number of anilines is 2. The zero-order valence-corrected chi connectivity index (χ0v) is 15.4. The molecule has 0 saturated carbocycles. The van der Waals surface area contributed by atoms with Gasteiger partial charge in [0.25, 0.3) is 0 Å². The Morgan fingerprint density at radius 2 is 1.78 bits per heavy atom. The van der Waals surface area contributed by atoms with E-state index in [0.717, 1.165) is 53.0 Å². The Bertz CT molecular complexity index is 681. The molecule has 0 radical (unpaired) electrons. The van der Waals surface area contributed by atoms with Crippen molar-refractivity contribution in [3.8, 4) is 0 Å². The molecule has 0 unspecified atom stereocenters. The van der Waals surface area contributed by atoms with Gasteiger partial charge in [-0.15, -0.1) is 0 Å². The molecular weight excluding hydrogens is 372 g/mol. The highest BCUT2D eigenvalue weighted by molar-refractivity contribution is 9.10. The number of piperazine rings is 1. The fraction of sp³-hybridized carbons (Fsp3) is 0.294. The van der Waals surface area contributed by atoms with Crippen molar-refractivity contribution in [2.75, 3.05) is 36.4 Å². The van der Waals surface area contributed by atoms with E-state index in [2.05, 4.69) is 48.2 Å². The lowest BCUT2D eigenvalue weighted by Gasteiger charge is -2.36. The molecule has 1 saturated heterocycles. The maximum Gasteiger partial charge on any atom is 0.173 e. The maximum absolute atomic E-state index is 5.53. The van der Waals surface area contributed by atoms with Gasteiger partial charge in [0.2, 0.25) is 0 Å². The smallest absolute Gasteiger partial charge is 0.173 e. The number of nitrogens with zero attached hydrogens (tertiary/aromatic N) is 3. The summed E-state index contributed by atoms with van der Waals surface area (Å²) in [6, 6.07) is 14.2. The molecule has 0 aliphatic carbocycles. The van der Waals surface area contributed by atoms with E-state index in [1.54, 1.807) is 0 Å². The molecule has 0 bridgehead atoms. The van der Waals surface area contributed by atoms with Crippen LogP contribution in [0.15, 0.2) is 46.9 Å². The predicted octanol–water partition coefficient (Wildman–Crippen LogP) is 3.67. The number of hydrogen-bond acceptors (Lipinski definition) is 3. The lowest BCUT2D eigenvalue weighted by molar-refractivity contribution is 0.389. The van der Waals surface area contributed by atoms with Gasteiger partial charge in [-0.2, -0.15) is 0 Å². The Balaban J connectivity index is 1.56. The van der Waals surface area contributed by atoms with Crippen molar-refractivity contribution in [2.45, 2.75) is 6.92 Å². The van der Waals surface area contributed by atoms with Crippen molar-refractivity contribution in [1.82, 2.24) is 9.88 Å². The molecule has 1 aromatic carbocycles. The number of halogens is 1. The summed E-state index contributed by atoms with van der Waals surface area (Å²) >= 11 is 8.97. The first-order chi connectivity index (χ1) is 11.1. The molecule has 0 atom stereocenters. The minimum Gasteiger partial charge on any atom is -0.353 e. The second-order valence-corrected chi connectivity index (χ2v) is 6.85. The van der Waals surface area contributed by atoms with Gasteiger partial charge in [0.1, 0.15) is 5.82 Å². The molecule has 3 rings (SSSR count). The second-order valence-electron chi connectivity index (χ2n) is 5.55. The number of nitrogens with one attached hydrogen (secondary N) is 1. The Kier molecular flexibility index (Phi) is 5.13. The third kappa shape index (κ3) is 4.20. The summed E-state index contributed by atoms with van der Waals surface area (Å²) in [6.07, 6.45) is 0. The Hall–Kier alpha value is -1.66.